The van der Waals surface area contributed by atoms with Gasteiger partial charge in [0.15, 0.2) is 0 Å². The molecular formula is C15H29N3O. The molecule has 2 aliphatic rings. The van der Waals surface area contributed by atoms with Gasteiger partial charge >= 0.3 is 0 Å². The monoisotopic (exact) mass is 267 g/mol. The Bertz CT molecular complexity index is 293. The van der Waals surface area contributed by atoms with Crippen molar-refractivity contribution in [3.05, 3.63) is 0 Å². The smallest absolute Gasteiger partial charge is 0.220 e. The van der Waals surface area contributed by atoms with Crippen LogP contribution in [0.4, 0.5) is 0 Å². The zero-order valence-corrected chi connectivity index (χ0v) is 12.5. The lowest BCUT2D eigenvalue weighted by molar-refractivity contribution is -0.119. The predicted octanol–water partition coefficient (Wildman–Crippen LogP) is 1.37. The maximum absolute atomic E-state index is 11.2. The van der Waals surface area contributed by atoms with E-state index in [-0.39, 0.29) is 5.91 Å². The van der Waals surface area contributed by atoms with Gasteiger partial charge in [0, 0.05) is 31.6 Å². The minimum atomic E-state index is 0.214. The van der Waals surface area contributed by atoms with Gasteiger partial charge in [-0.15, -0.1) is 0 Å². The fraction of sp³-hybridized carbons (Fsp3) is 0.933. The first-order chi connectivity index (χ1) is 9.19. The van der Waals surface area contributed by atoms with Crippen LogP contribution in [0.2, 0.25) is 0 Å². The number of nitrogens with zero attached hydrogens (tertiary/aromatic N) is 1. The van der Waals surface area contributed by atoms with Crippen molar-refractivity contribution in [2.24, 2.45) is 5.92 Å². The second-order valence-corrected chi connectivity index (χ2v) is 6.20. The van der Waals surface area contributed by atoms with Crippen molar-refractivity contribution in [1.82, 2.24) is 15.5 Å². The van der Waals surface area contributed by atoms with Gasteiger partial charge in [0.2, 0.25) is 5.91 Å². The average Bonchev–Trinajstić information content (AvgIpc) is 2.82. The summed E-state index contributed by atoms with van der Waals surface area (Å²) in [4.78, 5) is 13.8. The molecule has 2 saturated heterocycles. The van der Waals surface area contributed by atoms with Crippen LogP contribution < -0.4 is 10.6 Å². The van der Waals surface area contributed by atoms with Gasteiger partial charge in [-0.3, -0.25) is 4.79 Å². The second kappa shape index (κ2) is 7.25. The van der Waals surface area contributed by atoms with Gasteiger partial charge < -0.3 is 15.5 Å². The van der Waals surface area contributed by atoms with Crippen LogP contribution in [0.5, 0.6) is 0 Å². The van der Waals surface area contributed by atoms with Crippen molar-refractivity contribution in [2.45, 2.75) is 58.0 Å². The molecule has 0 spiro atoms. The number of piperidine rings is 1. The number of amides is 1. The second-order valence-electron chi connectivity index (χ2n) is 6.20. The van der Waals surface area contributed by atoms with Gasteiger partial charge in [-0.2, -0.15) is 0 Å². The fourth-order valence-electron chi connectivity index (χ4n) is 3.34. The molecule has 4 heteroatoms. The largest absolute Gasteiger partial charge is 0.352 e. The third kappa shape index (κ3) is 4.46. The van der Waals surface area contributed by atoms with Crippen LogP contribution in [-0.2, 0) is 4.79 Å². The molecule has 3 unspecified atom stereocenters. The third-order valence-corrected chi connectivity index (χ3v) is 4.56. The third-order valence-electron chi connectivity index (χ3n) is 4.56. The number of carbonyl (C=O) groups excluding carboxylic acids is 1. The quantitative estimate of drug-likeness (QED) is 0.764. The highest BCUT2D eigenvalue weighted by atomic mass is 16.1. The minimum absolute atomic E-state index is 0.214. The maximum Gasteiger partial charge on any atom is 0.220 e. The molecule has 2 fully saturated rings. The Labute approximate surface area is 117 Å². The van der Waals surface area contributed by atoms with E-state index in [2.05, 4.69) is 29.4 Å². The molecule has 110 valence electrons. The van der Waals surface area contributed by atoms with Gasteiger partial charge in [0.1, 0.15) is 0 Å². The molecule has 1 amide bonds. The molecule has 0 bridgehead atoms. The van der Waals surface area contributed by atoms with Crippen LogP contribution in [0, 0.1) is 5.92 Å². The van der Waals surface area contributed by atoms with Crippen LogP contribution in [0.1, 0.15) is 46.0 Å². The Morgan fingerprint density at radius 3 is 3.00 bits per heavy atom. The summed E-state index contributed by atoms with van der Waals surface area (Å²) in [7, 11) is 0. The van der Waals surface area contributed by atoms with Gasteiger partial charge in [-0.1, -0.05) is 6.92 Å². The van der Waals surface area contributed by atoms with Crippen molar-refractivity contribution < 1.29 is 4.79 Å². The molecule has 0 radical (unpaired) electrons. The van der Waals surface area contributed by atoms with E-state index < -0.39 is 0 Å². The lowest BCUT2D eigenvalue weighted by Crippen LogP contribution is -2.47. The molecule has 4 nitrogen and oxygen atoms in total. The van der Waals surface area contributed by atoms with Crippen LogP contribution in [-0.4, -0.2) is 49.1 Å². The molecular weight excluding hydrogens is 238 g/mol. The van der Waals surface area contributed by atoms with Crippen LogP contribution >= 0.6 is 0 Å². The first-order valence-corrected chi connectivity index (χ1v) is 7.94. The number of hydrogen-bond acceptors (Lipinski definition) is 3. The van der Waals surface area contributed by atoms with E-state index in [1.807, 2.05) is 0 Å². The molecule has 2 aliphatic heterocycles. The minimum Gasteiger partial charge on any atom is -0.352 e. The number of likely N-dealkylation sites (tertiary alicyclic amines) is 1. The number of rotatable bonds is 6. The van der Waals surface area contributed by atoms with E-state index in [9.17, 15) is 4.79 Å². The summed E-state index contributed by atoms with van der Waals surface area (Å²) < 4.78 is 0. The van der Waals surface area contributed by atoms with Crippen molar-refractivity contribution in [3.8, 4) is 0 Å². The molecule has 3 atom stereocenters. The highest BCUT2D eigenvalue weighted by Gasteiger charge is 2.26. The lowest BCUT2D eigenvalue weighted by atomic mass is 9.91. The van der Waals surface area contributed by atoms with Gasteiger partial charge in [-0.25, -0.2) is 0 Å². The predicted molar refractivity (Wildman–Crippen MR) is 78.1 cm³/mol. The average molecular weight is 267 g/mol. The van der Waals surface area contributed by atoms with Crippen LogP contribution in [0.15, 0.2) is 0 Å². The summed E-state index contributed by atoms with van der Waals surface area (Å²) in [6, 6.07) is 0.905. The van der Waals surface area contributed by atoms with Gasteiger partial charge in [0.25, 0.3) is 0 Å². The van der Waals surface area contributed by atoms with E-state index in [1.165, 1.54) is 38.9 Å². The van der Waals surface area contributed by atoms with Crippen molar-refractivity contribution in [1.29, 1.82) is 0 Å². The highest BCUT2D eigenvalue weighted by Crippen LogP contribution is 2.20. The van der Waals surface area contributed by atoms with Gasteiger partial charge in [-0.05, 0) is 51.6 Å². The Morgan fingerprint density at radius 2 is 2.32 bits per heavy atom. The van der Waals surface area contributed by atoms with E-state index in [4.69, 9.17) is 0 Å². The number of carbonyl (C=O) groups is 1. The number of hydrogen-bond donors (Lipinski definition) is 2. The summed E-state index contributed by atoms with van der Waals surface area (Å²) in [5, 5.41) is 6.67. The molecule has 0 aromatic rings. The van der Waals surface area contributed by atoms with Crippen LogP contribution in [0.3, 0.4) is 0 Å². The van der Waals surface area contributed by atoms with E-state index in [0.717, 1.165) is 18.9 Å². The zero-order valence-electron chi connectivity index (χ0n) is 12.5. The molecule has 0 aromatic carbocycles. The summed E-state index contributed by atoms with van der Waals surface area (Å²) >= 11 is 0. The molecule has 0 saturated carbocycles. The van der Waals surface area contributed by atoms with Crippen molar-refractivity contribution in [3.63, 3.8) is 0 Å². The Balaban J connectivity index is 1.70. The highest BCUT2D eigenvalue weighted by molar-refractivity contribution is 5.78. The topological polar surface area (TPSA) is 44.4 Å². The lowest BCUT2D eigenvalue weighted by Gasteiger charge is -2.36. The summed E-state index contributed by atoms with van der Waals surface area (Å²) in [6.07, 6.45) is 5.62. The maximum atomic E-state index is 11.2. The molecule has 2 N–H and O–H groups in total. The Hall–Kier alpha value is -0.610. The zero-order chi connectivity index (χ0) is 13.7. The fourth-order valence-corrected chi connectivity index (χ4v) is 3.34. The standard InChI is InChI=1S/C15H29N3O/c1-3-8-18-9-4-5-13(11-18)12(2)16-10-14-6-7-15(19)17-14/h12-14,16H,3-11H2,1-2H3,(H,17,19). The van der Waals surface area contributed by atoms with Gasteiger partial charge in [0.05, 0.1) is 0 Å². The van der Waals surface area contributed by atoms with E-state index in [1.54, 1.807) is 0 Å². The summed E-state index contributed by atoms with van der Waals surface area (Å²) in [6.45, 7) is 9.23. The first kappa shape index (κ1) is 14.8. The Morgan fingerprint density at radius 1 is 1.47 bits per heavy atom. The van der Waals surface area contributed by atoms with E-state index >= 15 is 0 Å². The molecule has 2 heterocycles. The van der Waals surface area contributed by atoms with Crippen molar-refractivity contribution >= 4 is 5.91 Å². The molecule has 2 rings (SSSR count). The summed E-state index contributed by atoms with van der Waals surface area (Å²) in [5.41, 5.74) is 0. The van der Waals surface area contributed by atoms with E-state index in [0.29, 0.717) is 18.5 Å². The normalized spacial score (nSPS) is 30.3. The molecule has 0 aliphatic carbocycles. The SMILES string of the molecule is CCCN1CCCC(C(C)NCC2CCC(=O)N2)C1. The molecule has 19 heavy (non-hydrogen) atoms. The first-order valence-electron chi connectivity index (χ1n) is 7.94. The summed E-state index contributed by atoms with van der Waals surface area (Å²) in [5.74, 6) is 0.976. The Kier molecular flexibility index (Phi) is 5.64. The number of nitrogens with one attached hydrogen (secondary N) is 2. The molecule has 0 aromatic heterocycles. The van der Waals surface area contributed by atoms with Crippen molar-refractivity contribution in [2.75, 3.05) is 26.2 Å². The van der Waals surface area contributed by atoms with Crippen LogP contribution in [0.25, 0.3) is 0 Å².